The van der Waals surface area contributed by atoms with Crippen molar-refractivity contribution in [3.63, 3.8) is 0 Å². The van der Waals surface area contributed by atoms with E-state index in [1.807, 2.05) is 6.07 Å². The maximum absolute atomic E-state index is 6.21. The lowest BCUT2D eigenvalue weighted by Crippen LogP contribution is -2.19. The molecule has 1 heterocycles. The smallest absolute Gasteiger partial charge is 0.0649 e. The van der Waals surface area contributed by atoms with Crippen molar-refractivity contribution in [2.75, 3.05) is 5.73 Å². The number of benzene rings is 2. The number of nitrogen functional groups attached to an aromatic ring is 1. The lowest BCUT2D eigenvalue weighted by Gasteiger charge is -2.26. The highest BCUT2D eigenvalue weighted by molar-refractivity contribution is 7.17. The summed E-state index contributed by atoms with van der Waals surface area (Å²) in [6.45, 7) is 2.22. The molecule has 3 atom stereocenters. The Kier molecular flexibility index (Phi) is 3.98. The van der Waals surface area contributed by atoms with Crippen LogP contribution < -0.4 is 5.73 Å². The average Bonchev–Trinajstić information content (AvgIpc) is 2.86. The molecule has 0 amide bonds. The van der Waals surface area contributed by atoms with Gasteiger partial charge in [0.05, 0.1) is 17.2 Å². The molecule has 0 aliphatic carbocycles. The molecule has 0 spiro atoms. The van der Waals surface area contributed by atoms with Crippen molar-refractivity contribution in [1.82, 2.24) is 4.57 Å². The van der Waals surface area contributed by atoms with E-state index in [1.165, 1.54) is 11.1 Å². The van der Waals surface area contributed by atoms with E-state index < -0.39 is 0 Å². The molecule has 0 aliphatic rings. The van der Waals surface area contributed by atoms with E-state index in [2.05, 4.69) is 75.5 Å². The Labute approximate surface area is 128 Å². The van der Waals surface area contributed by atoms with Gasteiger partial charge in [-0.05, 0) is 23.7 Å². The van der Waals surface area contributed by atoms with Crippen LogP contribution in [0.4, 0.5) is 5.69 Å². The third kappa shape index (κ3) is 2.56. The lowest BCUT2D eigenvalue weighted by molar-refractivity contribution is 0.563. The van der Waals surface area contributed by atoms with Crippen LogP contribution in [-0.4, -0.2) is 10.2 Å². The van der Waals surface area contributed by atoms with E-state index >= 15 is 0 Å². The maximum atomic E-state index is 6.21. The maximum Gasteiger partial charge on any atom is 0.0649 e. The molecule has 3 aromatic rings. The Balaban J connectivity index is 2.20. The fourth-order valence-corrected chi connectivity index (χ4v) is 3.36. The highest BCUT2D eigenvalue weighted by Crippen LogP contribution is 2.35. The molecule has 1 unspecified atom stereocenters. The van der Waals surface area contributed by atoms with Gasteiger partial charge < -0.3 is 10.3 Å². The normalized spacial score (nSPS) is 14.2. The van der Waals surface area contributed by atoms with Gasteiger partial charge in [-0.15, -0.1) is 9.24 Å². The molecule has 108 valence electrons. The second-order valence-electron chi connectivity index (χ2n) is 5.44. The molecule has 3 rings (SSSR count). The molecule has 0 fully saturated rings. The Morgan fingerprint density at radius 3 is 2.43 bits per heavy atom. The van der Waals surface area contributed by atoms with Crippen LogP contribution in [0.3, 0.4) is 0 Å². The highest BCUT2D eigenvalue weighted by atomic mass is 31.0. The number of para-hydroxylation sites is 1. The van der Waals surface area contributed by atoms with Crippen LogP contribution in [0.15, 0.2) is 60.8 Å². The van der Waals surface area contributed by atoms with Crippen LogP contribution in [0.1, 0.15) is 24.9 Å². The van der Waals surface area contributed by atoms with Crippen LogP contribution >= 0.6 is 9.24 Å². The molecular weight excluding hydrogens is 275 g/mol. The summed E-state index contributed by atoms with van der Waals surface area (Å²) in [5.74, 6) is 0. The third-order valence-corrected chi connectivity index (χ3v) is 4.93. The van der Waals surface area contributed by atoms with Crippen molar-refractivity contribution in [2.24, 2.45) is 0 Å². The van der Waals surface area contributed by atoms with Crippen molar-refractivity contribution in [3.05, 3.63) is 66.4 Å². The second-order valence-corrected chi connectivity index (χ2v) is 6.29. The van der Waals surface area contributed by atoms with Crippen molar-refractivity contribution < 1.29 is 0 Å². The Morgan fingerprint density at radius 1 is 1.05 bits per heavy atom. The zero-order valence-electron chi connectivity index (χ0n) is 12.2. The molecular formula is C18H21N2P. The summed E-state index contributed by atoms with van der Waals surface area (Å²) in [5, 5.41) is 1.13. The molecule has 1 aromatic heterocycles. The number of fused-ring (bicyclic) bond motifs is 1. The van der Waals surface area contributed by atoms with E-state index in [-0.39, 0.29) is 6.04 Å². The van der Waals surface area contributed by atoms with Crippen LogP contribution in [0, 0.1) is 0 Å². The summed E-state index contributed by atoms with van der Waals surface area (Å²) in [6.07, 6.45) is 3.17. The van der Waals surface area contributed by atoms with Crippen LogP contribution in [0.2, 0.25) is 0 Å². The molecule has 2 nitrogen and oxygen atoms in total. The molecule has 0 bridgehead atoms. The van der Waals surface area contributed by atoms with E-state index in [1.54, 1.807) is 0 Å². The van der Waals surface area contributed by atoms with Gasteiger partial charge in [0.25, 0.3) is 0 Å². The van der Waals surface area contributed by atoms with Crippen molar-refractivity contribution >= 4 is 25.8 Å². The van der Waals surface area contributed by atoms with Gasteiger partial charge in [-0.3, -0.25) is 0 Å². The number of nitrogens with two attached hydrogens (primary N) is 1. The number of aromatic nitrogens is 1. The summed E-state index contributed by atoms with van der Waals surface area (Å²) in [7, 11) is 2.99. The van der Waals surface area contributed by atoms with Crippen LogP contribution in [-0.2, 0) is 0 Å². The number of hydrogen-bond donors (Lipinski definition) is 1. The lowest BCUT2D eigenvalue weighted by atomic mass is 10.0. The van der Waals surface area contributed by atoms with E-state index in [0.29, 0.717) is 5.66 Å². The van der Waals surface area contributed by atoms with Crippen molar-refractivity contribution in [1.29, 1.82) is 0 Å². The molecule has 0 aliphatic heterocycles. The molecule has 2 N–H and O–H groups in total. The first kappa shape index (κ1) is 14.2. The van der Waals surface area contributed by atoms with Gasteiger partial charge in [0, 0.05) is 11.6 Å². The predicted molar refractivity (Wildman–Crippen MR) is 94.7 cm³/mol. The first-order valence-electron chi connectivity index (χ1n) is 7.38. The fourth-order valence-electron chi connectivity index (χ4n) is 2.95. The standard InChI is InChI=1S/C18H21N2P/c1-2-17(21)18(13-8-4-3-5-9-13)20-12-15(19)14-10-6-7-11-16(14)20/h3-12,17-18H,2,19,21H2,1H3/t17-,18+/m1/s1. The molecule has 0 saturated heterocycles. The summed E-state index contributed by atoms with van der Waals surface area (Å²) in [4.78, 5) is 0. The molecule has 2 aromatic carbocycles. The molecule has 0 saturated carbocycles. The summed E-state index contributed by atoms with van der Waals surface area (Å²) in [5.41, 5.74) is 10.0. The number of anilines is 1. The zero-order chi connectivity index (χ0) is 14.8. The zero-order valence-corrected chi connectivity index (χ0v) is 13.4. The number of hydrogen-bond acceptors (Lipinski definition) is 1. The van der Waals surface area contributed by atoms with Gasteiger partial charge in [0.1, 0.15) is 0 Å². The summed E-state index contributed by atoms with van der Waals surface area (Å²) < 4.78 is 2.32. The Hall–Kier alpha value is -1.79. The minimum Gasteiger partial charge on any atom is -0.397 e. The Bertz CT molecular complexity index is 733. The van der Waals surface area contributed by atoms with Crippen molar-refractivity contribution in [3.8, 4) is 0 Å². The molecule has 3 heteroatoms. The Morgan fingerprint density at radius 2 is 1.71 bits per heavy atom. The van der Waals surface area contributed by atoms with E-state index in [0.717, 1.165) is 17.5 Å². The van der Waals surface area contributed by atoms with Gasteiger partial charge >= 0.3 is 0 Å². The quantitative estimate of drug-likeness (QED) is 0.708. The minimum absolute atomic E-state index is 0.281. The van der Waals surface area contributed by atoms with Gasteiger partial charge in [-0.25, -0.2) is 0 Å². The monoisotopic (exact) mass is 296 g/mol. The van der Waals surface area contributed by atoms with Gasteiger partial charge in [0.15, 0.2) is 0 Å². The number of nitrogens with zero attached hydrogens (tertiary/aromatic N) is 1. The summed E-state index contributed by atoms with van der Waals surface area (Å²) in [6, 6.07) is 19.3. The van der Waals surface area contributed by atoms with Crippen LogP contribution in [0.5, 0.6) is 0 Å². The summed E-state index contributed by atoms with van der Waals surface area (Å²) >= 11 is 0. The molecule has 0 radical (unpaired) electrons. The largest absolute Gasteiger partial charge is 0.397 e. The SMILES string of the molecule is CC[C@@H](P)[C@H](c1ccccc1)n1cc(N)c2ccccc21. The highest BCUT2D eigenvalue weighted by Gasteiger charge is 2.22. The first-order chi connectivity index (χ1) is 10.2. The topological polar surface area (TPSA) is 30.9 Å². The third-order valence-electron chi connectivity index (χ3n) is 4.09. The van der Waals surface area contributed by atoms with Crippen molar-refractivity contribution in [2.45, 2.75) is 25.0 Å². The van der Waals surface area contributed by atoms with Gasteiger partial charge in [-0.1, -0.05) is 55.5 Å². The number of rotatable bonds is 4. The van der Waals surface area contributed by atoms with E-state index in [4.69, 9.17) is 5.73 Å². The second kappa shape index (κ2) is 5.91. The molecule has 21 heavy (non-hydrogen) atoms. The average molecular weight is 296 g/mol. The van der Waals surface area contributed by atoms with Gasteiger partial charge in [-0.2, -0.15) is 0 Å². The minimum atomic E-state index is 0.281. The first-order valence-corrected chi connectivity index (χ1v) is 8.04. The predicted octanol–water partition coefficient (Wildman–Crippen LogP) is 4.47. The van der Waals surface area contributed by atoms with Gasteiger partial charge in [0.2, 0.25) is 0 Å². The van der Waals surface area contributed by atoms with E-state index in [9.17, 15) is 0 Å². The van der Waals surface area contributed by atoms with Crippen LogP contribution in [0.25, 0.3) is 10.9 Å². The fraction of sp³-hybridized carbons (Fsp3) is 0.222.